The van der Waals surface area contributed by atoms with Crippen LogP contribution in [0, 0.1) is 0 Å². The highest BCUT2D eigenvalue weighted by molar-refractivity contribution is 9.10. The third-order valence-electron chi connectivity index (χ3n) is 3.38. The van der Waals surface area contributed by atoms with E-state index < -0.39 is 5.97 Å². The van der Waals surface area contributed by atoms with Crippen molar-refractivity contribution < 1.29 is 9.90 Å². The molecule has 0 spiro atoms. The molecule has 7 heteroatoms. The average molecular weight is 353 g/mol. The number of rotatable bonds is 7. The normalized spacial score (nSPS) is 12.3. The number of hydrogen-bond donors (Lipinski definition) is 2. The predicted octanol–water partition coefficient (Wildman–Crippen LogP) is 3.38. The number of nitrogens with one attached hydrogen (secondary N) is 1. The number of unbranched alkanes of at least 4 members (excludes halogenated alkanes) is 1. The van der Waals surface area contributed by atoms with Gasteiger partial charge in [0.05, 0.1) is 6.42 Å². The Morgan fingerprint density at radius 3 is 2.90 bits per heavy atom. The molecule has 1 unspecified atom stereocenters. The van der Waals surface area contributed by atoms with Crippen molar-refractivity contribution >= 4 is 21.9 Å². The van der Waals surface area contributed by atoms with Crippen LogP contribution >= 0.6 is 15.9 Å². The molecule has 1 atom stereocenters. The molecule has 1 heterocycles. The Bertz CT molecular complexity index is 601. The van der Waals surface area contributed by atoms with E-state index in [2.05, 4.69) is 43.5 Å². The second-order valence-electron chi connectivity index (χ2n) is 4.92. The summed E-state index contributed by atoms with van der Waals surface area (Å²) in [5.74, 6) is -0.283. The van der Waals surface area contributed by atoms with Crippen molar-refractivity contribution in [2.75, 3.05) is 0 Å². The van der Waals surface area contributed by atoms with E-state index in [1.807, 2.05) is 18.2 Å². The minimum absolute atomic E-state index is 0.0457. The van der Waals surface area contributed by atoms with Crippen LogP contribution in [0.15, 0.2) is 22.7 Å². The molecule has 112 valence electrons. The van der Waals surface area contributed by atoms with Crippen LogP contribution in [0.25, 0.3) is 11.4 Å². The molecular formula is C14H17BrN4O2. The molecule has 2 rings (SSSR count). The Labute approximate surface area is 131 Å². The van der Waals surface area contributed by atoms with Crippen molar-refractivity contribution in [2.24, 2.45) is 0 Å². The van der Waals surface area contributed by atoms with Crippen molar-refractivity contribution in [3.8, 4) is 11.4 Å². The van der Waals surface area contributed by atoms with Gasteiger partial charge in [-0.2, -0.15) is 0 Å². The van der Waals surface area contributed by atoms with E-state index in [-0.39, 0.29) is 12.3 Å². The highest BCUT2D eigenvalue weighted by atomic mass is 79.9. The van der Waals surface area contributed by atoms with Gasteiger partial charge in [-0.3, -0.25) is 4.79 Å². The van der Waals surface area contributed by atoms with Crippen LogP contribution in [-0.4, -0.2) is 31.7 Å². The van der Waals surface area contributed by atoms with E-state index >= 15 is 0 Å². The lowest BCUT2D eigenvalue weighted by Crippen LogP contribution is -2.08. The number of benzene rings is 1. The largest absolute Gasteiger partial charge is 0.481 e. The maximum atomic E-state index is 11.2. The van der Waals surface area contributed by atoms with Crippen LogP contribution in [0.1, 0.15) is 44.1 Å². The molecular weight excluding hydrogens is 336 g/mol. The first-order valence-corrected chi connectivity index (χ1v) is 7.66. The standard InChI is InChI=1S/C14H17BrN4O2/c1-2-3-4-9(7-13(20)21)11-6-5-10(15)8-12(11)14-16-18-19-17-14/h5-6,8-9H,2-4,7H2,1H3,(H,20,21)(H,16,17,18,19). The van der Waals surface area contributed by atoms with Gasteiger partial charge in [-0.05, 0) is 40.5 Å². The highest BCUT2D eigenvalue weighted by Crippen LogP contribution is 2.34. The number of carboxylic acids is 1. The first-order valence-electron chi connectivity index (χ1n) is 6.87. The fraction of sp³-hybridized carbons (Fsp3) is 0.429. The average Bonchev–Trinajstić information content (AvgIpc) is 2.97. The van der Waals surface area contributed by atoms with Gasteiger partial charge in [0.15, 0.2) is 5.82 Å². The van der Waals surface area contributed by atoms with Gasteiger partial charge in [0.2, 0.25) is 0 Å². The van der Waals surface area contributed by atoms with Crippen LogP contribution in [0.4, 0.5) is 0 Å². The molecule has 0 amide bonds. The molecule has 0 aliphatic heterocycles. The van der Waals surface area contributed by atoms with Crippen LogP contribution in [-0.2, 0) is 4.79 Å². The fourth-order valence-corrected chi connectivity index (χ4v) is 2.75. The summed E-state index contributed by atoms with van der Waals surface area (Å²) in [7, 11) is 0. The second-order valence-corrected chi connectivity index (χ2v) is 5.83. The number of tetrazole rings is 1. The Morgan fingerprint density at radius 2 is 2.29 bits per heavy atom. The molecule has 1 aromatic carbocycles. The summed E-state index contributed by atoms with van der Waals surface area (Å²) < 4.78 is 0.905. The fourth-order valence-electron chi connectivity index (χ4n) is 2.39. The molecule has 0 aliphatic rings. The van der Waals surface area contributed by atoms with Gasteiger partial charge in [-0.15, -0.1) is 5.10 Å². The minimum Gasteiger partial charge on any atom is -0.481 e. The maximum absolute atomic E-state index is 11.2. The van der Waals surface area contributed by atoms with E-state index in [9.17, 15) is 4.79 Å². The van der Waals surface area contributed by atoms with Gasteiger partial charge in [-0.25, -0.2) is 5.10 Å². The number of aromatic nitrogens is 4. The Hall–Kier alpha value is -1.76. The lowest BCUT2D eigenvalue weighted by atomic mass is 9.87. The number of H-pyrrole nitrogens is 1. The molecule has 21 heavy (non-hydrogen) atoms. The zero-order valence-electron chi connectivity index (χ0n) is 11.7. The zero-order chi connectivity index (χ0) is 15.2. The molecule has 0 bridgehead atoms. The first-order chi connectivity index (χ1) is 10.1. The van der Waals surface area contributed by atoms with Gasteiger partial charge in [0.1, 0.15) is 0 Å². The molecule has 6 nitrogen and oxygen atoms in total. The predicted molar refractivity (Wildman–Crippen MR) is 81.8 cm³/mol. The van der Waals surface area contributed by atoms with E-state index in [0.29, 0.717) is 5.82 Å². The molecule has 2 aromatic rings. The lowest BCUT2D eigenvalue weighted by Gasteiger charge is -2.18. The summed E-state index contributed by atoms with van der Waals surface area (Å²) in [6, 6.07) is 5.78. The second kappa shape index (κ2) is 7.31. The van der Waals surface area contributed by atoms with Gasteiger partial charge >= 0.3 is 5.97 Å². The first kappa shape index (κ1) is 15.6. The smallest absolute Gasteiger partial charge is 0.303 e. The number of aliphatic carboxylic acids is 1. The molecule has 0 aliphatic carbocycles. The Morgan fingerprint density at radius 1 is 1.48 bits per heavy atom. The van der Waals surface area contributed by atoms with Crippen LogP contribution in [0.2, 0.25) is 0 Å². The van der Waals surface area contributed by atoms with E-state index in [4.69, 9.17) is 5.11 Å². The number of halogens is 1. The molecule has 0 fully saturated rings. The van der Waals surface area contributed by atoms with Gasteiger partial charge in [0.25, 0.3) is 0 Å². The van der Waals surface area contributed by atoms with Crippen molar-refractivity contribution in [1.29, 1.82) is 0 Å². The van der Waals surface area contributed by atoms with E-state index in [0.717, 1.165) is 34.9 Å². The molecule has 0 saturated carbocycles. The van der Waals surface area contributed by atoms with Gasteiger partial charge in [-0.1, -0.05) is 41.8 Å². The molecule has 2 N–H and O–H groups in total. The Balaban J connectivity index is 2.41. The van der Waals surface area contributed by atoms with Crippen LogP contribution in [0.3, 0.4) is 0 Å². The van der Waals surface area contributed by atoms with Gasteiger partial charge in [0, 0.05) is 10.0 Å². The summed E-state index contributed by atoms with van der Waals surface area (Å²) in [5, 5.41) is 23.1. The third kappa shape index (κ3) is 4.10. The third-order valence-corrected chi connectivity index (χ3v) is 3.88. The summed E-state index contributed by atoms with van der Waals surface area (Å²) in [4.78, 5) is 11.2. The summed E-state index contributed by atoms with van der Waals surface area (Å²) in [5.41, 5.74) is 1.81. The summed E-state index contributed by atoms with van der Waals surface area (Å²) in [6.07, 6.45) is 2.96. The number of nitrogens with zero attached hydrogens (tertiary/aromatic N) is 3. The summed E-state index contributed by atoms with van der Waals surface area (Å²) in [6.45, 7) is 2.10. The monoisotopic (exact) mass is 352 g/mol. The SMILES string of the molecule is CCCCC(CC(=O)O)c1ccc(Br)cc1-c1nnn[nH]1. The maximum Gasteiger partial charge on any atom is 0.303 e. The van der Waals surface area contributed by atoms with Crippen molar-refractivity contribution in [2.45, 2.75) is 38.5 Å². The topological polar surface area (TPSA) is 91.8 Å². The summed E-state index contributed by atoms with van der Waals surface area (Å²) >= 11 is 3.44. The number of carboxylic acid groups (broad SMARTS) is 1. The van der Waals surface area contributed by atoms with Crippen LogP contribution < -0.4 is 0 Å². The number of hydrogen-bond acceptors (Lipinski definition) is 4. The quantitative estimate of drug-likeness (QED) is 0.796. The van der Waals surface area contributed by atoms with Crippen molar-refractivity contribution in [3.05, 3.63) is 28.2 Å². The number of aromatic amines is 1. The van der Waals surface area contributed by atoms with E-state index in [1.54, 1.807) is 0 Å². The molecule has 0 radical (unpaired) electrons. The molecule has 1 aromatic heterocycles. The Kier molecular flexibility index (Phi) is 5.44. The lowest BCUT2D eigenvalue weighted by molar-refractivity contribution is -0.137. The van der Waals surface area contributed by atoms with Gasteiger partial charge < -0.3 is 5.11 Å². The van der Waals surface area contributed by atoms with Crippen molar-refractivity contribution in [1.82, 2.24) is 20.6 Å². The minimum atomic E-state index is -0.791. The zero-order valence-corrected chi connectivity index (χ0v) is 13.3. The van der Waals surface area contributed by atoms with E-state index in [1.165, 1.54) is 0 Å². The highest BCUT2D eigenvalue weighted by Gasteiger charge is 2.20. The van der Waals surface area contributed by atoms with Crippen molar-refractivity contribution in [3.63, 3.8) is 0 Å². The number of carbonyl (C=O) groups is 1. The van der Waals surface area contributed by atoms with Crippen LogP contribution in [0.5, 0.6) is 0 Å². The molecule has 0 saturated heterocycles.